The van der Waals surface area contributed by atoms with E-state index in [2.05, 4.69) is 12.2 Å². The summed E-state index contributed by atoms with van der Waals surface area (Å²) in [6, 6.07) is 5.04. The monoisotopic (exact) mass is 259 g/mol. The van der Waals surface area contributed by atoms with E-state index in [9.17, 15) is 4.79 Å². The van der Waals surface area contributed by atoms with Gasteiger partial charge in [0.05, 0.1) is 10.7 Å². The number of rotatable bonds is 5. The fraction of sp³-hybridized carbons (Fsp3) is 0.364. The Kier molecular flexibility index (Phi) is 4.96. The number of halogens is 1. The largest absolute Gasteiger partial charge is 0.478 e. The Bertz CT molecular complexity index is 384. The minimum absolute atomic E-state index is 0.137. The minimum atomic E-state index is -1.01. The molecule has 0 saturated carbocycles. The van der Waals surface area contributed by atoms with Crippen LogP contribution in [0.4, 0.5) is 5.69 Å². The van der Waals surface area contributed by atoms with E-state index in [1.54, 1.807) is 30.0 Å². The molecule has 0 bridgehead atoms. The topological polar surface area (TPSA) is 49.3 Å². The van der Waals surface area contributed by atoms with Crippen LogP contribution in [0.2, 0.25) is 5.02 Å². The highest BCUT2D eigenvalue weighted by molar-refractivity contribution is 7.99. The predicted octanol–water partition coefficient (Wildman–Crippen LogP) is 3.20. The van der Waals surface area contributed by atoms with Crippen LogP contribution in [0.3, 0.4) is 0 Å². The summed E-state index contributed by atoms with van der Waals surface area (Å²) in [5.41, 5.74) is 0.707. The van der Waals surface area contributed by atoms with Crippen molar-refractivity contribution in [2.24, 2.45) is 0 Å². The molecule has 0 saturated heterocycles. The minimum Gasteiger partial charge on any atom is -0.478 e. The van der Waals surface area contributed by atoms with Gasteiger partial charge in [0, 0.05) is 11.8 Å². The third-order valence-corrected chi connectivity index (χ3v) is 3.50. The quantitative estimate of drug-likeness (QED) is 0.853. The van der Waals surface area contributed by atoms with Gasteiger partial charge >= 0.3 is 5.97 Å². The summed E-state index contributed by atoms with van der Waals surface area (Å²) in [5, 5.41) is 12.8. The van der Waals surface area contributed by atoms with E-state index in [0.717, 1.165) is 0 Å². The number of anilines is 1. The number of hydrogen-bond acceptors (Lipinski definition) is 3. The molecule has 0 aliphatic rings. The third kappa shape index (κ3) is 3.32. The first-order valence-electron chi connectivity index (χ1n) is 4.84. The number of carbonyl (C=O) groups is 1. The van der Waals surface area contributed by atoms with Crippen LogP contribution in [0.1, 0.15) is 17.3 Å². The summed E-state index contributed by atoms with van der Waals surface area (Å²) in [6.45, 7) is 2.78. The Hall–Kier alpha value is -0.870. The smallest absolute Gasteiger partial charge is 0.339 e. The number of carboxylic acid groups (broad SMARTS) is 1. The molecule has 1 unspecified atom stereocenters. The summed E-state index contributed by atoms with van der Waals surface area (Å²) in [6.07, 6.45) is 2.02. The van der Waals surface area contributed by atoms with Gasteiger partial charge in [-0.15, -0.1) is 0 Å². The highest BCUT2D eigenvalue weighted by Crippen LogP contribution is 2.24. The van der Waals surface area contributed by atoms with Crippen LogP contribution in [0.15, 0.2) is 18.2 Å². The van der Waals surface area contributed by atoms with Gasteiger partial charge in [0.1, 0.15) is 5.56 Å². The van der Waals surface area contributed by atoms with Crippen molar-refractivity contribution in [1.29, 1.82) is 0 Å². The third-order valence-electron chi connectivity index (χ3n) is 2.21. The van der Waals surface area contributed by atoms with Crippen LogP contribution >= 0.6 is 23.4 Å². The first-order chi connectivity index (χ1) is 7.56. The molecule has 0 fully saturated rings. The van der Waals surface area contributed by atoms with E-state index in [1.165, 1.54) is 0 Å². The number of carboxylic acids is 1. The average Bonchev–Trinajstić information content (AvgIpc) is 2.25. The van der Waals surface area contributed by atoms with Gasteiger partial charge in [-0.2, -0.15) is 11.8 Å². The maximum atomic E-state index is 11.0. The summed E-state index contributed by atoms with van der Waals surface area (Å²) in [5.74, 6) is -1.01. The van der Waals surface area contributed by atoms with Crippen molar-refractivity contribution in [1.82, 2.24) is 0 Å². The molecule has 88 valence electrons. The van der Waals surface area contributed by atoms with Crippen molar-refractivity contribution in [2.45, 2.75) is 12.2 Å². The molecule has 0 aliphatic heterocycles. The van der Waals surface area contributed by atoms with Gasteiger partial charge in [-0.05, 0) is 18.4 Å². The molecule has 16 heavy (non-hydrogen) atoms. The lowest BCUT2D eigenvalue weighted by Gasteiger charge is -2.13. The molecule has 1 aromatic rings. The SMILES string of the molecule is CSC(C)CNc1cccc(Cl)c1C(=O)O. The maximum absolute atomic E-state index is 11.0. The van der Waals surface area contributed by atoms with E-state index >= 15 is 0 Å². The molecule has 5 heteroatoms. The van der Waals surface area contributed by atoms with Crippen LogP contribution in [-0.2, 0) is 0 Å². The highest BCUT2D eigenvalue weighted by Gasteiger charge is 2.14. The Balaban J connectivity index is 2.87. The number of benzene rings is 1. The van der Waals surface area contributed by atoms with Gasteiger partial charge in [-0.25, -0.2) is 4.79 Å². The van der Waals surface area contributed by atoms with Crippen LogP contribution in [0, 0.1) is 0 Å². The highest BCUT2D eigenvalue weighted by atomic mass is 35.5. The molecule has 3 nitrogen and oxygen atoms in total. The van der Waals surface area contributed by atoms with E-state index in [1.807, 2.05) is 6.26 Å². The van der Waals surface area contributed by atoms with Crippen molar-refractivity contribution in [3.63, 3.8) is 0 Å². The zero-order valence-electron chi connectivity index (χ0n) is 9.16. The Morgan fingerprint density at radius 2 is 2.31 bits per heavy atom. The molecule has 0 aromatic heterocycles. The van der Waals surface area contributed by atoms with E-state index in [0.29, 0.717) is 17.5 Å². The molecular weight excluding hydrogens is 246 g/mol. The van der Waals surface area contributed by atoms with Crippen molar-refractivity contribution in [3.8, 4) is 0 Å². The Morgan fingerprint density at radius 1 is 1.62 bits per heavy atom. The first-order valence-corrected chi connectivity index (χ1v) is 6.51. The van der Waals surface area contributed by atoms with Gasteiger partial charge in [0.2, 0.25) is 0 Å². The van der Waals surface area contributed by atoms with E-state index < -0.39 is 5.97 Å². The Morgan fingerprint density at radius 3 is 2.88 bits per heavy atom. The molecule has 1 aromatic carbocycles. The summed E-state index contributed by atoms with van der Waals surface area (Å²) >= 11 is 7.57. The lowest BCUT2D eigenvalue weighted by Crippen LogP contribution is -2.15. The molecular formula is C11H14ClNO2S. The Labute approximate surface area is 104 Å². The van der Waals surface area contributed by atoms with Crippen molar-refractivity contribution < 1.29 is 9.90 Å². The first kappa shape index (κ1) is 13.2. The van der Waals surface area contributed by atoms with Crippen molar-refractivity contribution in [2.75, 3.05) is 18.1 Å². The normalized spacial score (nSPS) is 12.2. The molecule has 0 aliphatic carbocycles. The molecule has 0 radical (unpaired) electrons. The zero-order valence-corrected chi connectivity index (χ0v) is 10.7. The number of thioether (sulfide) groups is 1. The molecule has 1 atom stereocenters. The molecule has 0 heterocycles. The van der Waals surface area contributed by atoms with Crippen LogP contribution in [0.25, 0.3) is 0 Å². The standard InChI is InChI=1S/C11H14ClNO2S/c1-7(16-2)6-13-9-5-3-4-8(12)10(9)11(14)15/h3-5,7,13H,6H2,1-2H3,(H,14,15). The second-order valence-corrected chi connectivity index (χ2v) is 5.08. The van der Waals surface area contributed by atoms with Gasteiger partial charge < -0.3 is 10.4 Å². The zero-order chi connectivity index (χ0) is 12.1. The molecule has 2 N–H and O–H groups in total. The number of hydrogen-bond donors (Lipinski definition) is 2. The van der Waals surface area contributed by atoms with Gasteiger partial charge in [-0.3, -0.25) is 0 Å². The average molecular weight is 260 g/mol. The lowest BCUT2D eigenvalue weighted by molar-refractivity contribution is 0.0698. The van der Waals surface area contributed by atoms with Crippen LogP contribution in [-0.4, -0.2) is 29.1 Å². The van der Waals surface area contributed by atoms with Crippen LogP contribution in [0.5, 0.6) is 0 Å². The summed E-state index contributed by atoms with van der Waals surface area (Å²) in [7, 11) is 0. The van der Waals surface area contributed by atoms with E-state index in [-0.39, 0.29) is 10.6 Å². The fourth-order valence-corrected chi connectivity index (χ4v) is 1.73. The predicted molar refractivity (Wildman–Crippen MR) is 69.9 cm³/mol. The fourth-order valence-electron chi connectivity index (χ4n) is 1.23. The van der Waals surface area contributed by atoms with Crippen molar-refractivity contribution >= 4 is 35.0 Å². The van der Waals surface area contributed by atoms with Gasteiger partial charge in [-0.1, -0.05) is 24.6 Å². The number of aromatic carboxylic acids is 1. The summed E-state index contributed by atoms with van der Waals surface area (Å²) < 4.78 is 0. The molecule has 0 amide bonds. The second kappa shape index (κ2) is 6.01. The number of nitrogens with one attached hydrogen (secondary N) is 1. The molecule has 0 spiro atoms. The lowest BCUT2D eigenvalue weighted by atomic mass is 10.1. The maximum Gasteiger partial charge on any atom is 0.339 e. The summed E-state index contributed by atoms with van der Waals surface area (Å²) in [4.78, 5) is 11.0. The van der Waals surface area contributed by atoms with Gasteiger partial charge in [0.15, 0.2) is 0 Å². The molecule has 1 rings (SSSR count). The van der Waals surface area contributed by atoms with Gasteiger partial charge in [0.25, 0.3) is 0 Å². The van der Waals surface area contributed by atoms with E-state index in [4.69, 9.17) is 16.7 Å². The van der Waals surface area contributed by atoms with Crippen molar-refractivity contribution in [3.05, 3.63) is 28.8 Å². The van der Waals surface area contributed by atoms with Crippen LogP contribution < -0.4 is 5.32 Å². The second-order valence-electron chi connectivity index (χ2n) is 3.39.